The van der Waals surface area contributed by atoms with Crippen LogP contribution in [0, 0.1) is 0 Å². The van der Waals surface area contributed by atoms with Crippen molar-refractivity contribution in [2.24, 2.45) is 0 Å². The SMILES string of the molecule is CC(=O)NCCC1=CCCN(C(C)C(=O)N2CCCCC2)C1. The summed E-state index contributed by atoms with van der Waals surface area (Å²) in [5, 5.41) is 2.84. The van der Waals surface area contributed by atoms with E-state index in [9.17, 15) is 9.59 Å². The zero-order chi connectivity index (χ0) is 15.9. The average molecular weight is 307 g/mol. The molecule has 2 amide bonds. The molecule has 0 aliphatic carbocycles. The summed E-state index contributed by atoms with van der Waals surface area (Å²) in [5.41, 5.74) is 1.33. The summed E-state index contributed by atoms with van der Waals surface area (Å²) >= 11 is 0. The van der Waals surface area contributed by atoms with Crippen molar-refractivity contribution in [2.45, 2.75) is 52.0 Å². The lowest BCUT2D eigenvalue weighted by molar-refractivity contribution is -0.137. The molecule has 0 bridgehead atoms. The molecule has 5 heteroatoms. The van der Waals surface area contributed by atoms with Gasteiger partial charge in [-0.05, 0) is 39.0 Å². The number of piperidine rings is 1. The molecule has 0 radical (unpaired) electrons. The maximum Gasteiger partial charge on any atom is 0.239 e. The molecular weight excluding hydrogens is 278 g/mol. The minimum absolute atomic E-state index is 0.0157. The van der Waals surface area contributed by atoms with Crippen LogP contribution in [-0.4, -0.2) is 60.4 Å². The van der Waals surface area contributed by atoms with Crippen molar-refractivity contribution in [3.63, 3.8) is 0 Å². The topological polar surface area (TPSA) is 52.7 Å². The van der Waals surface area contributed by atoms with Crippen LogP contribution >= 0.6 is 0 Å². The van der Waals surface area contributed by atoms with Crippen LogP contribution in [0.5, 0.6) is 0 Å². The molecule has 0 aromatic heterocycles. The summed E-state index contributed by atoms with van der Waals surface area (Å²) in [6, 6.07) is -0.0393. The van der Waals surface area contributed by atoms with E-state index in [0.29, 0.717) is 6.54 Å². The number of hydrogen-bond donors (Lipinski definition) is 1. The van der Waals surface area contributed by atoms with E-state index in [1.807, 2.05) is 11.8 Å². The predicted molar refractivity (Wildman–Crippen MR) is 87.5 cm³/mol. The molecule has 1 fully saturated rings. The molecule has 2 heterocycles. The zero-order valence-corrected chi connectivity index (χ0v) is 13.9. The Bertz CT molecular complexity index is 428. The molecule has 0 saturated carbocycles. The van der Waals surface area contributed by atoms with Gasteiger partial charge in [-0.15, -0.1) is 0 Å². The molecule has 1 atom stereocenters. The molecule has 2 rings (SSSR count). The summed E-state index contributed by atoms with van der Waals surface area (Å²) in [5.74, 6) is 0.296. The highest BCUT2D eigenvalue weighted by atomic mass is 16.2. The van der Waals surface area contributed by atoms with Gasteiger partial charge >= 0.3 is 0 Å². The molecule has 0 aromatic rings. The highest BCUT2D eigenvalue weighted by molar-refractivity contribution is 5.81. The Morgan fingerprint density at radius 1 is 1.23 bits per heavy atom. The maximum absolute atomic E-state index is 12.6. The van der Waals surface area contributed by atoms with Crippen molar-refractivity contribution in [1.29, 1.82) is 0 Å². The third kappa shape index (κ3) is 4.83. The Morgan fingerprint density at radius 2 is 1.95 bits per heavy atom. The average Bonchev–Trinajstić information content (AvgIpc) is 2.54. The number of hydrogen-bond acceptors (Lipinski definition) is 3. The first-order chi connectivity index (χ1) is 10.6. The maximum atomic E-state index is 12.6. The molecule has 0 aromatic carbocycles. The first-order valence-corrected chi connectivity index (χ1v) is 8.53. The van der Waals surface area contributed by atoms with Gasteiger partial charge in [0.1, 0.15) is 0 Å². The van der Waals surface area contributed by atoms with Gasteiger partial charge in [0, 0.05) is 39.6 Å². The number of nitrogens with one attached hydrogen (secondary N) is 1. The zero-order valence-electron chi connectivity index (χ0n) is 13.9. The lowest BCUT2D eigenvalue weighted by Crippen LogP contribution is -2.50. The van der Waals surface area contributed by atoms with Crippen LogP contribution in [0.15, 0.2) is 11.6 Å². The minimum atomic E-state index is -0.0393. The van der Waals surface area contributed by atoms with E-state index < -0.39 is 0 Å². The monoisotopic (exact) mass is 307 g/mol. The number of likely N-dealkylation sites (tertiary alicyclic amines) is 1. The van der Waals surface area contributed by atoms with Gasteiger partial charge in [0.05, 0.1) is 6.04 Å². The lowest BCUT2D eigenvalue weighted by Gasteiger charge is -2.36. The van der Waals surface area contributed by atoms with Gasteiger partial charge in [0.15, 0.2) is 0 Å². The van der Waals surface area contributed by atoms with Crippen molar-refractivity contribution in [3.8, 4) is 0 Å². The molecule has 22 heavy (non-hydrogen) atoms. The quantitative estimate of drug-likeness (QED) is 0.784. The molecule has 5 nitrogen and oxygen atoms in total. The van der Waals surface area contributed by atoms with Crippen molar-refractivity contribution in [3.05, 3.63) is 11.6 Å². The van der Waals surface area contributed by atoms with Crippen molar-refractivity contribution < 1.29 is 9.59 Å². The van der Waals surface area contributed by atoms with Crippen LogP contribution in [0.1, 0.15) is 46.0 Å². The minimum Gasteiger partial charge on any atom is -0.356 e. The van der Waals surface area contributed by atoms with E-state index in [1.54, 1.807) is 6.92 Å². The normalized spacial score (nSPS) is 21.2. The largest absolute Gasteiger partial charge is 0.356 e. The van der Waals surface area contributed by atoms with E-state index >= 15 is 0 Å². The van der Waals surface area contributed by atoms with Crippen LogP contribution in [0.4, 0.5) is 0 Å². The Labute approximate surface area is 133 Å². The standard InChI is InChI=1S/C17H29N3O2/c1-14(17(22)19-10-4-3-5-11-19)20-12-6-7-16(13-20)8-9-18-15(2)21/h7,14H,3-6,8-13H2,1-2H3,(H,18,21). The van der Waals surface area contributed by atoms with Crippen molar-refractivity contribution in [2.75, 3.05) is 32.7 Å². The number of amides is 2. The van der Waals surface area contributed by atoms with Crippen molar-refractivity contribution in [1.82, 2.24) is 15.1 Å². The van der Waals surface area contributed by atoms with E-state index in [1.165, 1.54) is 12.0 Å². The number of carbonyl (C=O) groups is 2. The molecule has 1 N–H and O–H groups in total. The molecule has 2 aliphatic rings. The summed E-state index contributed by atoms with van der Waals surface area (Å²) in [7, 11) is 0. The van der Waals surface area contributed by atoms with Crippen LogP contribution < -0.4 is 5.32 Å². The Morgan fingerprint density at radius 3 is 2.64 bits per heavy atom. The third-order valence-electron chi connectivity index (χ3n) is 4.65. The number of nitrogens with zero attached hydrogens (tertiary/aromatic N) is 2. The summed E-state index contributed by atoms with van der Waals surface area (Å²) in [4.78, 5) is 27.9. The van der Waals surface area contributed by atoms with Crippen LogP contribution in [0.3, 0.4) is 0 Å². The van der Waals surface area contributed by atoms with E-state index in [0.717, 1.165) is 51.9 Å². The second-order valence-corrected chi connectivity index (χ2v) is 6.42. The molecular formula is C17H29N3O2. The number of rotatable bonds is 5. The first kappa shape index (κ1) is 17.0. The van der Waals surface area contributed by atoms with Gasteiger partial charge in [0.2, 0.25) is 11.8 Å². The smallest absolute Gasteiger partial charge is 0.239 e. The predicted octanol–water partition coefficient (Wildman–Crippen LogP) is 1.55. The van der Waals surface area contributed by atoms with Crippen LogP contribution in [0.2, 0.25) is 0 Å². The van der Waals surface area contributed by atoms with E-state index in [2.05, 4.69) is 16.3 Å². The van der Waals surface area contributed by atoms with E-state index in [4.69, 9.17) is 0 Å². The van der Waals surface area contributed by atoms with Crippen LogP contribution in [-0.2, 0) is 9.59 Å². The Kier molecular flexibility index (Phi) is 6.43. The molecule has 1 unspecified atom stereocenters. The second kappa shape index (κ2) is 8.32. The fourth-order valence-electron chi connectivity index (χ4n) is 3.28. The fourth-order valence-corrected chi connectivity index (χ4v) is 3.28. The summed E-state index contributed by atoms with van der Waals surface area (Å²) in [6.07, 6.45) is 7.66. The van der Waals surface area contributed by atoms with E-state index in [-0.39, 0.29) is 17.9 Å². The second-order valence-electron chi connectivity index (χ2n) is 6.42. The van der Waals surface area contributed by atoms with Gasteiger partial charge in [0.25, 0.3) is 0 Å². The van der Waals surface area contributed by atoms with Gasteiger partial charge in [-0.1, -0.05) is 11.6 Å². The Hall–Kier alpha value is -1.36. The highest BCUT2D eigenvalue weighted by Crippen LogP contribution is 2.18. The number of carbonyl (C=O) groups excluding carboxylic acids is 2. The summed E-state index contributed by atoms with van der Waals surface area (Å²) < 4.78 is 0. The lowest BCUT2D eigenvalue weighted by atomic mass is 10.0. The van der Waals surface area contributed by atoms with Gasteiger partial charge in [-0.2, -0.15) is 0 Å². The van der Waals surface area contributed by atoms with Crippen molar-refractivity contribution >= 4 is 11.8 Å². The fraction of sp³-hybridized carbons (Fsp3) is 0.765. The van der Waals surface area contributed by atoms with Gasteiger partial charge < -0.3 is 10.2 Å². The third-order valence-corrected chi connectivity index (χ3v) is 4.65. The molecule has 1 saturated heterocycles. The van der Waals surface area contributed by atoms with Gasteiger partial charge in [-0.3, -0.25) is 14.5 Å². The molecule has 0 spiro atoms. The molecule has 2 aliphatic heterocycles. The summed E-state index contributed by atoms with van der Waals surface area (Å²) in [6.45, 7) is 7.90. The first-order valence-electron chi connectivity index (χ1n) is 8.53. The van der Waals surface area contributed by atoms with Gasteiger partial charge in [-0.25, -0.2) is 0 Å². The van der Waals surface area contributed by atoms with Crippen LogP contribution in [0.25, 0.3) is 0 Å². The molecule has 124 valence electrons. The highest BCUT2D eigenvalue weighted by Gasteiger charge is 2.28. The Balaban J connectivity index is 1.82.